The first-order valence-electron chi connectivity index (χ1n) is 6.48. The topological polar surface area (TPSA) is 53.6 Å². The molecule has 0 spiro atoms. The van der Waals surface area contributed by atoms with Gasteiger partial charge in [0.25, 0.3) is 0 Å². The third kappa shape index (κ3) is 5.48. The highest BCUT2D eigenvalue weighted by Gasteiger charge is 2.11. The Morgan fingerprint density at radius 3 is 2.85 bits per heavy atom. The molecule has 20 heavy (non-hydrogen) atoms. The number of amides is 1. The van der Waals surface area contributed by atoms with Crippen molar-refractivity contribution in [1.82, 2.24) is 10.6 Å². The lowest BCUT2D eigenvalue weighted by atomic mass is 10.1. The molecule has 2 N–H and O–H groups in total. The summed E-state index contributed by atoms with van der Waals surface area (Å²) in [6.45, 7) is 2.55. The van der Waals surface area contributed by atoms with E-state index in [-0.39, 0.29) is 5.91 Å². The monoisotopic (exact) mass is 343 g/mol. The Bertz CT molecular complexity index is 440. The first-order chi connectivity index (χ1) is 9.58. The second-order valence-electron chi connectivity index (χ2n) is 4.47. The maximum absolute atomic E-state index is 11.5. The molecule has 0 fully saturated rings. The van der Waals surface area contributed by atoms with Gasteiger partial charge in [0.05, 0.1) is 13.2 Å². The van der Waals surface area contributed by atoms with Crippen LogP contribution in [0.2, 0.25) is 0 Å². The van der Waals surface area contributed by atoms with Crippen molar-refractivity contribution in [2.75, 3.05) is 45.8 Å². The average Bonchev–Trinajstić information content (AvgIpc) is 2.44. The minimum atomic E-state index is -0.00855. The molecule has 0 aliphatic carbocycles. The molecule has 0 radical (unpaired) electrons. The predicted molar refractivity (Wildman–Crippen MR) is 85.1 cm³/mol. The highest BCUT2D eigenvalue weighted by Crippen LogP contribution is 2.24. The van der Waals surface area contributed by atoms with E-state index in [2.05, 4.69) is 32.6 Å². The maximum atomic E-state index is 11.5. The lowest BCUT2D eigenvalue weighted by Gasteiger charge is -2.22. The van der Waals surface area contributed by atoms with E-state index in [0.717, 1.165) is 28.8 Å². The van der Waals surface area contributed by atoms with Crippen molar-refractivity contribution < 1.29 is 9.53 Å². The molecule has 5 nitrogen and oxygen atoms in total. The Balaban J connectivity index is 2.75. The lowest BCUT2D eigenvalue weighted by molar-refractivity contribution is -0.119. The van der Waals surface area contributed by atoms with E-state index in [1.54, 1.807) is 14.2 Å². The number of halogens is 1. The van der Waals surface area contributed by atoms with Crippen molar-refractivity contribution in [2.24, 2.45) is 0 Å². The number of anilines is 1. The quantitative estimate of drug-likeness (QED) is 0.700. The molecule has 6 heteroatoms. The molecular formula is C14H22BrN3O2. The molecular weight excluding hydrogens is 322 g/mol. The van der Waals surface area contributed by atoms with E-state index >= 15 is 0 Å². The summed E-state index contributed by atoms with van der Waals surface area (Å²) in [4.78, 5) is 13.4. The zero-order valence-corrected chi connectivity index (χ0v) is 13.8. The van der Waals surface area contributed by atoms with Gasteiger partial charge in [-0.25, -0.2) is 0 Å². The highest BCUT2D eigenvalue weighted by atomic mass is 79.9. The second-order valence-corrected chi connectivity index (χ2v) is 5.39. The molecule has 1 rings (SSSR count). The van der Waals surface area contributed by atoms with E-state index in [9.17, 15) is 4.79 Å². The van der Waals surface area contributed by atoms with Crippen LogP contribution in [-0.2, 0) is 16.1 Å². The molecule has 0 heterocycles. The third-order valence-corrected chi connectivity index (χ3v) is 3.41. The summed E-state index contributed by atoms with van der Waals surface area (Å²) in [5.74, 6) is -0.00855. The van der Waals surface area contributed by atoms with Crippen molar-refractivity contribution in [3.63, 3.8) is 0 Å². The summed E-state index contributed by atoms with van der Waals surface area (Å²) >= 11 is 3.47. The van der Waals surface area contributed by atoms with Gasteiger partial charge in [-0.15, -0.1) is 0 Å². The van der Waals surface area contributed by atoms with Crippen LogP contribution in [0.1, 0.15) is 5.56 Å². The van der Waals surface area contributed by atoms with Gasteiger partial charge in [0, 0.05) is 44.5 Å². The second kappa shape index (κ2) is 8.94. The number of likely N-dealkylation sites (N-methyl/N-ethyl adjacent to an activating group) is 2. The predicted octanol–water partition coefficient (Wildman–Crippen LogP) is 1.37. The van der Waals surface area contributed by atoms with E-state index in [0.29, 0.717) is 13.2 Å². The molecule has 1 aromatic carbocycles. The fourth-order valence-electron chi connectivity index (χ4n) is 1.82. The Labute approximate surface area is 128 Å². The van der Waals surface area contributed by atoms with Gasteiger partial charge in [-0.05, 0) is 17.7 Å². The van der Waals surface area contributed by atoms with Crippen molar-refractivity contribution >= 4 is 27.5 Å². The fraction of sp³-hybridized carbons (Fsp3) is 0.500. The summed E-state index contributed by atoms with van der Waals surface area (Å²) in [6, 6.07) is 6.08. The number of ether oxygens (including phenoxy) is 1. The van der Waals surface area contributed by atoms with Crippen LogP contribution in [0, 0.1) is 0 Å². The van der Waals surface area contributed by atoms with Gasteiger partial charge in [0.2, 0.25) is 5.91 Å². The number of carbonyl (C=O) groups is 1. The molecule has 0 bridgehead atoms. The van der Waals surface area contributed by atoms with Crippen LogP contribution in [0.25, 0.3) is 0 Å². The van der Waals surface area contributed by atoms with Crippen molar-refractivity contribution in [3.05, 3.63) is 28.2 Å². The Morgan fingerprint density at radius 1 is 1.45 bits per heavy atom. The summed E-state index contributed by atoms with van der Waals surface area (Å²) in [6.07, 6.45) is 0. The van der Waals surface area contributed by atoms with Gasteiger partial charge in [0.15, 0.2) is 0 Å². The molecule has 0 atom stereocenters. The fourth-order valence-corrected chi connectivity index (χ4v) is 2.17. The number of hydrogen-bond donors (Lipinski definition) is 2. The van der Waals surface area contributed by atoms with E-state index in [4.69, 9.17) is 4.74 Å². The normalized spacial score (nSPS) is 10.4. The number of benzene rings is 1. The molecule has 0 saturated carbocycles. The molecule has 0 aromatic heterocycles. The van der Waals surface area contributed by atoms with Crippen LogP contribution < -0.4 is 15.5 Å². The van der Waals surface area contributed by atoms with Gasteiger partial charge in [-0.3, -0.25) is 4.79 Å². The van der Waals surface area contributed by atoms with E-state index in [1.165, 1.54) is 0 Å². The van der Waals surface area contributed by atoms with Crippen molar-refractivity contribution in [1.29, 1.82) is 0 Å². The number of hydrogen-bond acceptors (Lipinski definition) is 4. The zero-order valence-electron chi connectivity index (χ0n) is 12.2. The van der Waals surface area contributed by atoms with Gasteiger partial charge in [-0.2, -0.15) is 0 Å². The third-order valence-electron chi connectivity index (χ3n) is 2.92. The summed E-state index contributed by atoms with van der Waals surface area (Å²) in [5, 5.41) is 5.95. The first-order valence-corrected chi connectivity index (χ1v) is 7.27. The lowest BCUT2D eigenvalue weighted by Crippen LogP contribution is -2.33. The van der Waals surface area contributed by atoms with Gasteiger partial charge in [0.1, 0.15) is 0 Å². The number of rotatable bonds is 8. The van der Waals surface area contributed by atoms with E-state index in [1.807, 2.05) is 24.1 Å². The van der Waals surface area contributed by atoms with E-state index < -0.39 is 0 Å². The van der Waals surface area contributed by atoms with Crippen LogP contribution in [0.4, 0.5) is 5.69 Å². The summed E-state index contributed by atoms with van der Waals surface area (Å²) in [7, 11) is 5.24. The van der Waals surface area contributed by atoms with Crippen LogP contribution in [0.5, 0.6) is 0 Å². The average molecular weight is 344 g/mol. The molecule has 0 aliphatic heterocycles. The van der Waals surface area contributed by atoms with Crippen LogP contribution >= 0.6 is 15.9 Å². The van der Waals surface area contributed by atoms with Gasteiger partial charge in [-0.1, -0.05) is 22.0 Å². The SMILES string of the molecule is CNC(=O)CN(C)c1cc(Br)ccc1CNCCOC. The zero-order chi connectivity index (χ0) is 15.0. The maximum Gasteiger partial charge on any atom is 0.239 e. The minimum absolute atomic E-state index is 0.00855. The Morgan fingerprint density at radius 2 is 2.20 bits per heavy atom. The van der Waals surface area contributed by atoms with Crippen LogP contribution in [-0.4, -0.2) is 46.8 Å². The number of methoxy groups -OCH3 is 1. The van der Waals surface area contributed by atoms with Gasteiger partial charge >= 0.3 is 0 Å². The molecule has 1 aromatic rings. The van der Waals surface area contributed by atoms with Crippen LogP contribution in [0.3, 0.4) is 0 Å². The highest BCUT2D eigenvalue weighted by molar-refractivity contribution is 9.10. The molecule has 112 valence electrons. The standard InChI is InChI=1S/C14H22BrN3O2/c1-16-14(19)10-18(2)13-8-12(15)5-4-11(13)9-17-6-7-20-3/h4-5,8,17H,6-7,9-10H2,1-3H3,(H,16,19). The first kappa shape index (κ1) is 16.9. The Hall–Kier alpha value is -1.11. The molecule has 0 saturated heterocycles. The molecule has 1 amide bonds. The minimum Gasteiger partial charge on any atom is -0.383 e. The molecule has 0 unspecified atom stereocenters. The number of carbonyl (C=O) groups excluding carboxylic acids is 1. The number of nitrogens with one attached hydrogen (secondary N) is 2. The Kier molecular flexibility index (Phi) is 7.58. The largest absolute Gasteiger partial charge is 0.383 e. The summed E-state index contributed by atoms with van der Waals surface area (Å²) in [5.41, 5.74) is 2.18. The van der Waals surface area contributed by atoms with Crippen molar-refractivity contribution in [2.45, 2.75) is 6.54 Å². The summed E-state index contributed by atoms with van der Waals surface area (Å²) < 4.78 is 6.01. The molecule has 0 aliphatic rings. The number of nitrogens with zero attached hydrogens (tertiary/aromatic N) is 1. The smallest absolute Gasteiger partial charge is 0.239 e. The van der Waals surface area contributed by atoms with Gasteiger partial charge < -0.3 is 20.3 Å². The van der Waals surface area contributed by atoms with Crippen LogP contribution in [0.15, 0.2) is 22.7 Å². The van der Waals surface area contributed by atoms with Crippen molar-refractivity contribution in [3.8, 4) is 0 Å².